The molecule has 6 nitrogen and oxygen atoms in total. The van der Waals surface area contributed by atoms with Crippen LogP contribution in [0.25, 0.3) is 11.4 Å². The summed E-state index contributed by atoms with van der Waals surface area (Å²) in [6, 6.07) is 11.6. The standard InChI is InChI=1S/C20H26N4O2/c1-15-7-6-11-24(14-15)18-13-17(20(25)21-10-12-26-2)22-19(23-18)16-8-4-3-5-9-16/h3-5,8-9,13,15H,6-7,10-12,14H2,1-2H3,(H,21,25). The number of methoxy groups -OCH3 is 1. The zero-order chi connectivity index (χ0) is 18.4. The smallest absolute Gasteiger partial charge is 0.270 e. The monoisotopic (exact) mass is 354 g/mol. The molecule has 1 aromatic carbocycles. The molecule has 2 aromatic rings. The molecule has 1 aliphatic heterocycles. The number of nitrogens with zero attached hydrogens (tertiary/aromatic N) is 3. The van der Waals surface area contributed by atoms with Crippen molar-refractivity contribution in [2.75, 3.05) is 38.3 Å². The Morgan fingerprint density at radius 2 is 2.12 bits per heavy atom. The molecule has 1 unspecified atom stereocenters. The predicted molar refractivity (Wildman–Crippen MR) is 102 cm³/mol. The topological polar surface area (TPSA) is 67.3 Å². The molecule has 1 aromatic heterocycles. The van der Waals surface area contributed by atoms with Gasteiger partial charge in [-0.25, -0.2) is 9.97 Å². The Balaban J connectivity index is 1.92. The van der Waals surface area contributed by atoms with E-state index in [0.29, 0.717) is 30.6 Å². The van der Waals surface area contributed by atoms with Crippen LogP contribution in [0.15, 0.2) is 36.4 Å². The molecule has 1 atom stereocenters. The summed E-state index contributed by atoms with van der Waals surface area (Å²) in [5, 5.41) is 2.84. The van der Waals surface area contributed by atoms with E-state index in [4.69, 9.17) is 9.72 Å². The lowest BCUT2D eigenvalue weighted by molar-refractivity contribution is 0.0932. The quantitative estimate of drug-likeness (QED) is 0.808. The molecular weight excluding hydrogens is 328 g/mol. The van der Waals surface area contributed by atoms with Crippen molar-refractivity contribution in [3.05, 3.63) is 42.1 Å². The molecule has 26 heavy (non-hydrogen) atoms. The highest BCUT2D eigenvalue weighted by molar-refractivity contribution is 5.93. The molecule has 0 aliphatic carbocycles. The molecule has 0 saturated carbocycles. The molecule has 0 spiro atoms. The van der Waals surface area contributed by atoms with Crippen molar-refractivity contribution in [2.45, 2.75) is 19.8 Å². The maximum absolute atomic E-state index is 12.5. The Bertz CT molecular complexity index is 736. The van der Waals surface area contributed by atoms with Crippen LogP contribution < -0.4 is 10.2 Å². The molecule has 0 radical (unpaired) electrons. The first kappa shape index (κ1) is 18.3. The van der Waals surface area contributed by atoms with Crippen molar-refractivity contribution in [3.8, 4) is 11.4 Å². The number of rotatable bonds is 6. The van der Waals surface area contributed by atoms with Crippen LogP contribution in [0.4, 0.5) is 5.82 Å². The van der Waals surface area contributed by atoms with Gasteiger partial charge in [0, 0.05) is 38.4 Å². The highest BCUT2D eigenvalue weighted by Crippen LogP contribution is 2.24. The predicted octanol–water partition coefficient (Wildman–Crippen LogP) is 2.76. The molecule has 1 N–H and O–H groups in total. The minimum atomic E-state index is -0.201. The number of amides is 1. The van der Waals surface area contributed by atoms with E-state index in [0.717, 1.165) is 30.9 Å². The van der Waals surface area contributed by atoms with Crippen molar-refractivity contribution in [2.24, 2.45) is 5.92 Å². The first-order chi connectivity index (χ1) is 12.7. The van der Waals surface area contributed by atoms with Gasteiger partial charge in [0.05, 0.1) is 6.61 Å². The van der Waals surface area contributed by atoms with Gasteiger partial charge in [-0.3, -0.25) is 4.79 Å². The number of ether oxygens (including phenoxy) is 1. The number of benzene rings is 1. The van der Waals surface area contributed by atoms with Gasteiger partial charge in [-0.2, -0.15) is 0 Å². The molecule has 1 aliphatic rings. The van der Waals surface area contributed by atoms with Crippen LogP contribution >= 0.6 is 0 Å². The SMILES string of the molecule is COCCNC(=O)c1cc(N2CCCC(C)C2)nc(-c2ccccc2)n1. The Morgan fingerprint density at radius 1 is 1.31 bits per heavy atom. The van der Waals surface area contributed by atoms with E-state index in [9.17, 15) is 4.79 Å². The molecule has 0 bridgehead atoms. The van der Waals surface area contributed by atoms with Crippen LogP contribution in [0.1, 0.15) is 30.3 Å². The van der Waals surface area contributed by atoms with Crippen molar-refractivity contribution >= 4 is 11.7 Å². The van der Waals surface area contributed by atoms with E-state index < -0.39 is 0 Å². The summed E-state index contributed by atoms with van der Waals surface area (Å²) in [5.74, 6) is 1.83. The molecule has 1 amide bonds. The minimum absolute atomic E-state index is 0.201. The lowest BCUT2D eigenvalue weighted by Crippen LogP contribution is -2.35. The zero-order valence-corrected chi connectivity index (χ0v) is 15.4. The average Bonchev–Trinajstić information content (AvgIpc) is 2.68. The van der Waals surface area contributed by atoms with Crippen LogP contribution in [-0.4, -0.2) is 49.2 Å². The number of hydrogen-bond acceptors (Lipinski definition) is 5. The van der Waals surface area contributed by atoms with Crippen molar-refractivity contribution in [3.63, 3.8) is 0 Å². The van der Waals surface area contributed by atoms with Crippen LogP contribution in [0, 0.1) is 5.92 Å². The van der Waals surface area contributed by atoms with E-state index in [1.807, 2.05) is 30.3 Å². The fourth-order valence-electron chi connectivity index (χ4n) is 3.18. The number of piperidine rings is 1. The van der Waals surface area contributed by atoms with Crippen LogP contribution in [0.5, 0.6) is 0 Å². The highest BCUT2D eigenvalue weighted by atomic mass is 16.5. The van der Waals surface area contributed by atoms with Gasteiger partial charge in [-0.15, -0.1) is 0 Å². The van der Waals surface area contributed by atoms with E-state index in [-0.39, 0.29) is 5.91 Å². The first-order valence-electron chi connectivity index (χ1n) is 9.14. The summed E-state index contributed by atoms with van der Waals surface area (Å²) in [6.45, 7) is 5.09. The zero-order valence-electron chi connectivity index (χ0n) is 15.4. The van der Waals surface area contributed by atoms with Gasteiger partial charge < -0.3 is 15.0 Å². The van der Waals surface area contributed by atoms with E-state index in [1.54, 1.807) is 13.2 Å². The second kappa shape index (κ2) is 8.76. The van der Waals surface area contributed by atoms with Gasteiger partial charge in [0.15, 0.2) is 5.82 Å². The van der Waals surface area contributed by atoms with Gasteiger partial charge in [0.1, 0.15) is 11.5 Å². The van der Waals surface area contributed by atoms with Gasteiger partial charge in [-0.1, -0.05) is 37.3 Å². The fraction of sp³-hybridized carbons (Fsp3) is 0.450. The van der Waals surface area contributed by atoms with Crippen LogP contribution in [0.2, 0.25) is 0 Å². The molecule has 1 fully saturated rings. The van der Waals surface area contributed by atoms with Gasteiger partial charge in [-0.05, 0) is 18.8 Å². The molecule has 6 heteroatoms. The lowest BCUT2D eigenvalue weighted by atomic mass is 10.0. The van der Waals surface area contributed by atoms with Crippen molar-refractivity contribution in [1.82, 2.24) is 15.3 Å². The van der Waals surface area contributed by atoms with E-state index in [1.165, 1.54) is 6.42 Å². The van der Waals surface area contributed by atoms with Gasteiger partial charge in [0.25, 0.3) is 5.91 Å². The minimum Gasteiger partial charge on any atom is -0.383 e. The summed E-state index contributed by atoms with van der Waals surface area (Å²) in [7, 11) is 1.61. The van der Waals surface area contributed by atoms with E-state index >= 15 is 0 Å². The van der Waals surface area contributed by atoms with Gasteiger partial charge in [0.2, 0.25) is 0 Å². The second-order valence-corrected chi connectivity index (χ2v) is 6.74. The summed E-state index contributed by atoms with van der Waals surface area (Å²) >= 11 is 0. The summed E-state index contributed by atoms with van der Waals surface area (Å²) in [4.78, 5) is 24.0. The molecule has 3 rings (SSSR count). The Morgan fingerprint density at radius 3 is 2.85 bits per heavy atom. The number of carbonyl (C=O) groups excluding carboxylic acids is 1. The number of hydrogen-bond donors (Lipinski definition) is 1. The van der Waals surface area contributed by atoms with Crippen LogP contribution in [-0.2, 0) is 4.74 Å². The molecule has 1 saturated heterocycles. The van der Waals surface area contributed by atoms with Crippen molar-refractivity contribution < 1.29 is 9.53 Å². The lowest BCUT2D eigenvalue weighted by Gasteiger charge is -2.32. The maximum Gasteiger partial charge on any atom is 0.270 e. The number of aromatic nitrogens is 2. The summed E-state index contributed by atoms with van der Waals surface area (Å²) < 4.78 is 5.00. The largest absolute Gasteiger partial charge is 0.383 e. The normalized spacial score (nSPS) is 17.2. The first-order valence-corrected chi connectivity index (χ1v) is 9.14. The van der Waals surface area contributed by atoms with E-state index in [2.05, 4.69) is 22.1 Å². The summed E-state index contributed by atoms with van der Waals surface area (Å²) in [6.07, 6.45) is 2.37. The third-order valence-corrected chi connectivity index (χ3v) is 4.55. The highest BCUT2D eigenvalue weighted by Gasteiger charge is 2.21. The Hall–Kier alpha value is -2.47. The van der Waals surface area contributed by atoms with Crippen molar-refractivity contribution in [1.29, 1.82) is 0 Å². The number of nitrogens with one attached hydrogen (secondary N) is 1. The number of carbonyl (C=O) groups is 1. The molecule has 2 heterocycles. The Kier molecular flexibility index (Phi) is 6.17. The maximum atomic E-state index is 12.5. The molecular formula is C20H26N4O2. The number of anilines is 1. The third kappa shape index (κ3) is 4.58. The third-order valence-electron chi connectivity index (χ3n) is 4.55. The second-order valence-electron chi connectivity index (χ2n) is 6.74. The fourth-order valence-corrected chi connectivity index (χ4v) is 3.18. The average molecular weight is 354 g/mol. The summed E-state index contributed by atoms with van der Waals surface area (Å²) in [5.41, 5.74) is 1.30. The Labute approximate surface area is 154 Å². The van der Waals surface area contributed by atoms with Gasteiger partial charge >= 0.3 is 0 Å². The molecule has 138 valence electrons. The van der Waals surface area contributed by atoms with Crippen LogP contribution in [0.3, 0.4) is 0 Å².